The van der Waals surface area contributed by atoms with Gasteiger partial charge < -0.3 is 14.7 Å². The summed E-state index contributed by atoms with van der Waals surface area (Å²) in [6, 6.07) is 7.11. The molecule has 4 nitrogen and oxygen atoms in total. The van der Waals surface area contributed by atoms with Crippen LogP contribution in [0.15, 0.2) is 24.3 Å². The highest BCUT2D eigenvalue weighted by atomic mass is 16.5. The minimum Gasteiger partial charge on any atom is -0.508 e. The number of para-hydroxylation sites is 1. The third kappa shape index (κ3) is 2.77. The van der Waals surface area contributed by atoms with E-state index in [-0.39, 0.29) is 24.1 Å². The van der Waals surface area contributed by atoms with Crippen molar-refractivity contribution < 1.29 is 14.6 Å². The van der Waals surface area contributed by atoms with E-state index in [1.165, 1.54) is 0 Å². The van der Waals surface area contributed by atoms with Crippen LogP contribution in [0.25, 0.3) is 0 Å². The molecule has 4 heteroatoms. The maximum absolute atomic E-state index is 12.0. The molecule has 1 aliphatic rings. The Hall–Kier alpha value is -1.55. The summed E-state index contributed by atoms with van der Waals surface area (Å²) in [6.07, 6.45) is 1.13. The molecule has 92 valence electrons. The molecule has 0 saturated carbocycles. The number of phenols is 1. The molecule has 1 aromatic carbocycles. The fourth-order valence-corrected chi connectivity index (χ4v) is 1.98. The summed E-state index contributed by atoms with van der Waals surface area (Å²) in [5, 5.41) is 9.61. The number of amides is 1. The molecular formula is C13H17NO3. The first-order valence-electron chi connectivity index (χ1n) is 5.79. The number of likely N-dealkylation sites (N-methyl/N-ethyl adjacent to an activating group) is 1. The van der Waals surface area contributed by atoms with Crippen molar-refractivity contribution in [3.05, 3.63) is 29.8 Å². The number of benzene rings is 1. The number of carbonyl (C=O) groups is 1. The van der Waals surface area contributed by atoms with E-state index < -0.39 is 0 Å². The van der Waals surface area contributed by atoms with Crippen LogP contribution in [0, 0.1) is 0 Å². The third-order valence-corrected chi connectivity index (χ3v) is 3.18. The highest BCUT2D eigenvalue weighted by Crippen LogP contribution is 2.18. The van der Waals surface area contributed by atoms with Crippen LogP contribution >= 0.6 is 0 Å². The second kappa shape index (κ2) is 5.19. The van der Waals surface area contributed by atoms with Crippen molar-refractivity contribution in [1.29, 1.82) is 0 Å². The normalized spacial score (nSPS) is 19.2. The van der Waals surface area contributed by atoms with Gasteiger partial charge in [0.25, 0.3) is 0 Å². The monoisotopic (exact) mass is 235 g/mol. The molecule has 1 aromatic rings. The Morgan fingerprint density at radius 2 is 2.29 bits per heavy atom. The van der Waals surface area contributed by atoms with Crippen LogP contribution in [-0.2, 0) is 16.0 Å². The molecule has 0 bridgehead atoms. The van der Waals surface area contributed by atoms with Crippen LogP contribution in [0.3, 0.4) is 0 Å². The minimum atomic E-state index is 0.0157. The fourth-order valence-electron chi connectivity index (χ4n) is 1.98. The first-order valence-corrected chi connectivity index (χ1v) is 5.79. The molecule has 0 aromatic heterocycles. The summed E-state index contributed by atoms with van der Waals surface area (Å²) in [4.78, 5) is 13.7. The fraction of sp³-hybridized carbons (Fsp3) is 0.462. The van der Waals surface area contributed by atoms with Crippen LogP contribution < -0.4 is 0 Å². The third-order valence-electron chi connectivity index (χ3n) is 3.18. The Kier molecular flexibility index (Phi) is 3.64. The zero-order valence-corrected chi connectivity index (χ0v) is 9.93. The van der Waals surface area contributed by atoms with E-state index in [0.29, 0.717) is 12.2 Å². The lowest BCUT2D eigenvalue weighted by Crippen LogP contribution is -2.38. The van der Waals surface area contributed by atoms with E-state index in [1.54, 1.807) is 30.1 Å². The lowest BCUT2D eigenvalue weighted by Gasteiger charge is -2.23. The zero-order chi connectivity index (χ0) is 12.3. The number of nitrogens with zero attached hydrogens (tertiary/aromatic N) is 1. The maximum atomic E-state index is 12.0. The molecule has 1 heterocycles. The molecule has 1 amide bonds. The predicted molar refractivity (Wildman–Crippen MR) is 63.8 cm³/mol. The summed E-state index contributed by atoms with van der Waals surface area (Å²) in [7, 11) is 1.79. The topological polar surface area (TPSA) is 49.8 Å². The highest BCUT2D eigenvalue weighted by Gasteiger charge is 2.24. The number of hydrogen-bond acceptors (Lipinski definition) is 3. The van der Waals surface area contributed by atoms with Gasteiger partial charge in [-0.3, -0.25) is 4.79 Å². The first-order chi connectivity index (χ1) is 8.18. The number of ether oxygens (including phenoxy) is 1. The van der Waals surface area contributed by atoms with Gasteiger partial charge in [0.1, 0.15) is 5.75 Å². The Labute approximate surface area is 101 Å². The molecule has 2 rings (SSSR count). The zero-order valence-electron chi connectivity index (χ0n) is 9.93. The van der Waals surface area contributed by atoms with Crippen molar-refractivity contribution in [2.75, 3.05) is 20.3 Å². The van der Waals surface area contributed by atoms with E-state index in [2.05, 4.69) is 0 Å². The van der Waals surface area contributed by atoms with Gasteiger partial charge in [0.05, 0.1) is 19.1 Å². The molecule has 1 saturated heterocycles. The van der Waals surface area contributed by atoms with Crippen LogP contribution in [-0.4, -0.2) is 42.2 Å². The van der Waals surface area contributed by atoms with Crippen molar-refractivity contribution in [1.82, 2.24) is 4.90 Å². The van der Waals surface area contributed by atoms with E-state index in [1.807, 2.05) is 6.07 Å². The van der Waals surface area contributed by atoms with Crippen molar-refractivity contribution >= 4 is 5.91 Å². The van der Waals surface area contributed by atoms with E-state index in [4.69, 9.17) is 4.74 Å². The molecule has 0 aliphatic carbocycles. The van der Waals surface area contributed by atoms with Crippen molar-refractivity contribution in [2.45, 2.75) is 18.9 Å². The second-order valence-electron chi connectivity index (χ2n) is 4.33. The Morgan fingerprint density at radius 3 is 2.94 bits per heavy atom. The van der Waals surface area contributed by atoms with Gasteiger partial charge >= 0.3 is 0 Å². The minimum absolute atomic E-state index is 0.0157. The lowest BCUT2D eigenvalue weighted by molar-refractivity contribution is -0.131. The van der Waals surface area contributed by atoms with E-state index >= 15 is 0 Å². The number of hydrogen-bond donors (Lipinski definition) is 1. The molecule has 1 fully saturated rings. The Morgan fingerprint density at radius 1 is 1.53 bits per heavy atom. The number of carbonyl (C=O) groups excluding carboxylic acids is 1. The summed E-state index contributed by atoms with van der Waals surface area (Å²) in [6.45, 7) is 1.34. The summed E-state index contributed by atoms with van der Waals surface area (Å²) < 4.78 is 5.26. The van der Waals surface area contributed by atoms with Crippen molar-refractivity contribution in [3.63, 3.8) is 0 Å². The van der Waals surface area contributed by atoms with Gasteiger partial charge in [-0.05, 0) is 12.5 Å². The predicted octanol–water partition coefficient (Wildman–Crippen LogP) is 1.18. The van der Waals surface area contributed by atoms with Gasteiger partial charge in [-0.15, -0.1) is 0 Å². The lowest BCUT2D eigenvalue weighted by atomic mass is 10.1. The maximum Gasteiger partial charge on any atom is 0.227 e. The van der Waals surface area contributed by atoms with Gasteiger partial charge in [-0.1, -0.05) is 18.2 Å². The van der Waals surface area contributed by atoms with E-state index in [0.717, 1.165) is 13.0 Å². The van der Waals surface area contributed by atoms with E-state index in [9.17, 15) is 9.90 Å². The average Bonchev–Trinajstić information content (AvgIpc) is 2.84. The molecule has 1 aliphatic heterocycles. The van der Waals surface area contributed by atoms with Crippen molar-refractivity contribution in [2.24, 2.45) is 0 Å². The number of phenolic OH excluding ortho intramolecular Hbond substituents is 1. The van der Waals surface area contributed by atoms with Crippen LogP contribution in [0.1, 0.15) is 12.0 Å². The van der Waals surface area contributed by atoms with Gasteiger partial charge in [-0.2, -0.15) is 0 Å². The van der Waals surface area contributed by atoms with Gasteiger partial charge in [0, 0.05) is 19.2 Å². The van der Waals surface area contributed by atoms with Crippen LogP contribution in [0.4, 0.5) is 0 Å². The standard InChI is InChI=1S/C13H17NO3/c1-14(11-6-7-17-9-11)13(16)8-10-4-2-3-5-12(10)15/h2-5,11,15H,6-9H2,1H3. The Bertz CT molecular complexity index is 399. The van der Waals surface area contributed by atoms with Crippen molar-refractivity contribution in [3.8, 4) is 5.75 Å². The quantitative estimate of drug-likeness (QED) is 0.856. The molecule has 1 unspecified atom stereocenters. The molecule has 0 spiro atoms. The molecule has 1 N–H and O–H groups in total. The summed E-state index contributed by atoms with van der Waals surface area (Å²) >= 11 is 0. The average molecular weight is 235 g/mol. The largest absolute Gasteiger partial charge is 0.508 e. The number of aromatic hydroxyl groups is 1. The molecule has 17 heavy (non-hydrogen) atoms. The Balaban J connectivity index is 1.99. The summed E-state index contributed by atoms with van der Waals surface area (Å²) in [5.41, 5.74) is 0.670. The first kappa shape index (κ1) is 11.9. The second-order valence-corrected chi connectivity index (χ2v) is 4.33. The SMILES string of the molecule is CN(C(=O)Cc1ccccc1O)C1CCOC1. The summed E-state index contributed by atoms with van der Waals surface area (Å²) in [5.74, 6) is 0.193. The van der Waals surface area contributed by atoms with Gasteiger partial charge in [0.2, 0.25) is 5.91 Å². The van der Waals surface area contributed by atoms with Crippen LogP contribution in [0.5, 0.6) is 5.75 Å². The smallest absolute Gasteiger partial charge is 0.227 e. The number of rotatable bonds is 3. The van der Waals surface area contributed by atoms with Gasteiger partial charge in [-0.25, -0.2) is 0 Å². The van der Waals surface area contributed by atoms with Crippen LogP contribution in [0.2, 0.25) is 0 Å². The highest BCUT2D eigenvalue weighted by molar-refractivity contribution is 5.79. The molecular weight excluding hydrogens is 218 g/mol. The van der Waals surface area contributed by atoms with Gasteiger partial charge in [0.15, 0.2) is 0 Å². The molecule has 1 atom stereocenters. The molecule has 0 radical (unpaired) electrons.